The highest BCUT2D eigenvalue weighted by molar-refractivity contribution is 7.92. The molecule has 5 nitrogen and oxygen atoms in total. The molecular weight excluding hydrogens is 180 g/mol. The van der Waals surface area contributed by atoms with Crippen molar-refractivity contribution in [1.29, 1.82) is 0 Å². The number of carbonyl (C=O) groups is 1. The van der Waals surface area contributed by atoms with E-state index in [2.05, 4.69) is 0 Å². The first-order chi connectivity index (χ1) is 5.10. The summed E-state index contributed by atoms with van der Waals surface area (Å²) < 4.78 is 20.9. The summed E-state index contributed by atoms with van der Waals surface area (Å²) in [6, 6.07) is -1.17. The molecule has 0 aliphatic rings. The fourth-order valence-electron chi connectivity index (χ4n) is 0.573. The molecule has 0 rings (SSSR count). The minimum atomic E-state index is -3.37. The average Bonchev–Trinajstić information content (AvgIpc) is 1.83. The molecule has 0 radical (unpaired) electrons. The first kappa shape index (κ1) is 11.4. The lowest BCUT2D eigenvalue weighted by Crippen LogP contribution is -2.55. The number of rotatable bonds is 3. The van der Waals surface area contributed by atoms with Crippen LogP contribution < -0.4 is 11.5 Å². The molecule has 1 unspecified atom stereocenters. The predicted octanol–water partition coefficient (Wildman–Crippen LogP) is -1.38. The van der Waals surface area contributed by atoms with Crippen molar-refractivity contribution in [2.45, 2.75) is 24.6 Å². The zero-order valence-corrected chi connectivity index (χ0v) is 8.18. The summed E-state index contributed by atoms with van der Waals surface area (Å²) in [6.45, 7) is 2.75. The summed E-state index contributed by atoms with van der Waals surface area (Å²) in [5.41, 5.74) is 10.2. The van der Waals surface area contributed by atoms with Crippen LogP contribution in [0.4, 0.5) is 0 Å². The first-order valence-electron chi connectivity index (χ1n) is 3.35. The van der Waals surface area contributed by atoms with Gasteiger partial charge in [-0.15, -0.1) is 0 Å². The molecule has 72 valence electrons. The molecular formula is C6H14N2O3S. The number of hydrogen-bond acceptors (Lipinski definition) is 4. The Balaban J connectivity index is 5.00. The van der Waals surface area contributed by atoms with Crippen LogP contribution in [0.5, 0.6) is 0 Å². The molecule has 0 saturated carbocycles. The monoisotopic (exact) mass is 194 g/mol. The highest BCUT2D eigenvalue weighted by Gasteiger charge is 2.39. The Morgan fingerprint density at radius 2 is 1.75 bits per heavy atom. The highest BCUT2D eigenvalue weighted by Crippen LogP contribution is 2.18. The standard InChI is InChI=1S/C6H14N2O3S/c1-6(2,12(3,10)11)4(7)5(8)9/h4H,7H2,1-3H3,(H2,8,9). The second kappa shape index (κ2) is 3.02. The molecule has 1 atom stereocenters. The van der Waals surface area contributed by atoms with E-state index in [1.54, 1.807) is 0 Å². The Labute approximate surface area is 72.0 Å². The van der Waals surface area contributed by atoms with Gasteiger partial charge < -0.3 is 11.5 Å². The van der Waals surface area contributed by atoms with E-state index >= 15 is 0 Å². The van der Waals surface area contributed by atoms with Crippen molar-refractivity contribution in [3.05, 3.63) is 0 Å². The molecule has 12 heavy (non-hydrogen) atoms. The molecule has 0 aliphatic heterocycles. The topological polar surface area (TPSA) is 103 Å². The van der Waals surface area contributed by atoms with Gasteiger partial charge in [0.15, 0.2) is 9.84 Å². The van der Waals surface area contributed by atoms with Gasteiger partial charge in [-0.1, -0.05) is 0 Å². The quantitative estimate of drug-likeness (QED) is 0.578. The van der Waals surface area contributed by atoms with Crippen molar-refractivity contribution in [3.63, 3.8) is 0 Å². The fraction of sp³-hybridized carbons (Fsp3) is 0.833. The lowest BCUT2D eigenvalue weighted by molar-refractivity contribution is -0.119. The molecule has 4 N–H and O–H groups in total. The maximum absolute atomic E-state index is 11.1. The Morgan fingerprint density at radius 3 is 1.83 bits per heavy atom. The van der Waals surface area contributed by atoms with Gasteiger partial charge in [0.25, 0.3) is 0 Å². The molecule has 0 aliphatic carbocycles. The summed E-state index contributed by atoms with van der Waals surface area (Å²) in [7, 11) is -3.37. The average molecular weight is 194 g/mol. The third kappa shape index (κ3) is 1.95. The van der Waals surface area contributed by atoms with Crippen LogP contribution in [-0.2, 0) is 14.6 Å². The van der Waals surface area contributed by atoms with Gasteiger partial charge in [0.1, 0.15) is 6.04 Å². The van der Waals surface area contributed by atoms with Gasteiger partial charge in [-0.05, 0) is 13.8 Å². The Hall–Kier alpha value is -0.620. The second-order valence-electron chi connectivity index (χ2n) is 3.26. The summed E-state index contributed by atoms with van der Waals surface area (Å²) in [6.07, 6.45) is 1.02. The minimum absolute atomic E-state index is 0.814. The molecule has 6 heteroatoms. The number of carbonyl (C=O) groups excluding carboxylic acids is 1. The van der Waals surface area contributed by atoms with Crippen LogP contribution in [0.1, 0.15) is 13.8 Å². The predicted molar refractivity (Wildman–Crippen MR) is 46.1 cm³/mol. The largest absolute Gasteiger partial charge is 0.368 e. The molecule has 0 bridgehead atoms. The van der Waals surface area contributed by atoms with Crippen LogP contribution in [0, 0.1) is 0 Å². The maximum atomic E-state index is 11.1. The van der Waals surface area contributed by atoms with E-state index in [0.717, 1.165) is 6.26 Å². The van der Waals surface area contributed by atoms with E-state index in [-0.39, 0.29) is 0 Å². The SMILES string of the molecule is CC(C)(C(N)C(N)=O)S(C)(=O)=O. The Kier molecular flexibility index (Phi) is 2.87. The van der Waals surface area contributed by atoms with E-state index in [4.69, 9.17) is 11.5 Å². The Morgan fingerprint density at radius 1 is 1.42 bits per heavy atom. The normalized spacial score (nSPS) is 15.7. The zero-order valence-electron chi connectivity index (χ0n) is 7.37. The van der Waals surface area contributed by atoms with Crippen LogP contribution in [0.2, 0.25) is 0 Å². The second-order valence-corrected chi connectivity index (χ2v) is 5.85. The molecule has 0 aromatic carbocycles. The van der Waals surface area contributed by atoms with Gasteiger partial charge in [-0.3, -0.25) is 4.79 Å². The van der Waals surface area contributed by atoms with Crippen LogP contribution in [0.15, 0.2) is 0 Å². The molecule has 0 saturated heterocycles. The Bertz CT molecular complexity index is 281. The summed E-state index contributed by atoms with van der Waals surface area (Å²) in [5.74, 6) is -0.814. The van der Waals surface area contributed by atoms with Gasteiger partial charge in [-0.25, -0.2) is 8.42 Å². The number of sulfone groups is 1. The van der Waals surface area contributed by atoms with Crippen LogP contribution >= 0.6 is 0 Å². The van der Waals surface area contributed by atoms with Crippen molar-refractivity contribution >= 4 is 15.7 Å². The number of primary amides is 1. The van der Waals surface area contributed by atoms with E-state index in [1.165, 1.54) is 13.8 Å². The minimum Gasteiger partial charge on any atom is -0.368 e. The van der Waals surface area contributed by atoms with E-state index in [0.29, 0.717) is 0 Å². The number of nitrogens with two attached hydrogens (primary N) is 2. The van der Waals surface area contributed by atoms with E-state index in [1.807, 2.05) is 0 Å². The molecule has 1 amide bonds. The van der Waals surface area contributed by atoms with Crippen molar-refractivity contribution in [1.82, 2.24) is 0 Å². The van der Waals surface area contributed by atoms with Crippen molar-refractivity contribution < 1.29 is 13.2 Å². The lowest BCUT2D eigenvalue weighted by Gasteiger charge is -2.26. The first-order valence-corrected chi connectivity index (χ1v) is 5.24. The van der Waals surface area contributed by atoms with E-state index in [9.17, 15) is 13.2 Å². The fourth-order valence-corrected chi connectivity index (χ4v) is 1.15. The van der Waals surface area contributed by atoms with Gasteiger partial charge in [0.2, 0.25) is 5.91 Å². The van der Waals surface area contributed by atoms with E-state index < -0.39 is 26.5 Å². The van der Waals surface area contributed by atoms with Crippen LogP contribution in [0.25, 0.3) is 0 Å². The van der Waals surface area contributed by atoms with Crippen molar-refractivity contribution in [3.8, 4) is 0 Å². The van der Waals surface area contributed by atoms with Crippen LogP contribution in [0.3, 0.4) is 0 Å². The molecule has 0 spiro atoms. The molecule has 0 fully saturated rings. The van der Waals surface area contributed by atoms with Gasteiger partial charge in [-0.2, -0.15) is 0 Å². The van der Waals surface area contributed by atoms with Gasteiger partial charge in [0.05, 0.1) is 4.75 Å². The third-order valence-corrected chi connectivity index (χ3v) is 4.18. The van der Waals surface area contributed by atoms with Crippen molar-refractivity contribution in [2.24, 2.45) is 11.5 Å². The number of hydrogen-bond donors (Lipinski definition) is 2. The third-order valence-electron chi connectivity index (χ3n) is 2.01. The smallest absolute Gasteiger partial charge is 0.235 e. The maximum Gasteiger partial charge on any atom is 0.235 e. The number of amides is 1. The van der Waals surface area contributed by atoms with Crippen LogP contribution in [-0.4, -0.2) is 31.4 Å². The van der Waals surface area contributed by atoms with Crippen molar-refractivity contribution in [2.75, 3.05) is 6.26 Å². The highest BCUT2D eigenvalue weighted by atomic mass is 32.2. The summed E-state index contributed by atoms with van der Waals surface area (Å²) in [5, 5.41) is 0. The molecule has 0 aromatic rings. The van der Waals surface area contributed by atoms with Gasteiger partial charge in [0, 0.05) is 6.26 Å². The summed E-state index contributed by atoms with van der Waals surface area (Å²) in [4.78, 5) is 10.6. The summed E-state index contributed by atoms with van der Waals surface area (Å²) >= 11 is 0. The molecule has 0 aromatic heterocycles. The van der Waals surface area contributed by atoms with Gasteiger partial charge >= 0.3 is 0 Å². The molecule has 0 heterocycles. The zero-order chi connectivity index (χ0) is 10.2. The lowest BCUT2D eigenvalue weighted by atomic mass is 10.0.